The first kappa shape index (κ1) is 16.3. The Hall–Kier alpha value is -0.710. The van der Waals surface area contributed by atoms with E-state index >= 15 is 0 Å². The van der Waals surface area contributed by atoms with Crippen LogP contribution >= 0.6 is 24.2 Å². The van der Waals surface area contributed by atoms with Crippen LogP contribution in [0, 0.1) is 5.92 Å². The highest BCUT2D eigenvalue weighted by atomic mass is 35.5. The van der Waals surface area contributed by atoms with E-state index in [0.717, 1.165) is 25.1 Å². The highest BCUT2D eigenvalue weighted by molar-refractivity contribution is 7.98. The van der Waals surface area contributed by atoms with Gasteiger partial charge in [0.1, 0.15) is 0 Å². The molecule has 1 aromatic rings. The van der Waals surface area contributed by atoms with E-state index in [1.54, 1.807) is 11.8 Å². The Bertz CT molecular complexity index is 428. The van der Waals surface area contributed by atoms with Crippen LogP contribution in [0.25, 0.3) is 0 Å². The van der Waals surface area contributed by atoms with Crippen molar-refractivity contribution in [1.29, 1.82) is 0 Å². The lowest BCUT2D eigenvalue weighted by Crippen LogP contribution is -2.40. The minimum atomic E-state index is 0. The molecule has 0 aromatic heterocycles. The van der Waals surface area contributed by atoms with E-state index in [-0.39, 0.29) is 24.2 Å². The molecule has 2 rings (SSSR count). The fraction of sp³-hybridized carbons (Fsp3) is 0.500. The van der Waals surface area contributed by atoms with Crippen LogP contribution in [-0.4, -0.2) is 24.7 Å². The number of rotatable bonds is 3. The number of thioether (sulfide) groups is 1. The number of anilines is 1. The van der Waals surface area contributed by atoms with Crippen molar-refractivity contribution in [3.63, 3.8) is 0 Å². The SMILES string of the molecule is CSc1cccc(NC(=O)[C@H]2CCN[C@@H](C)C2)c1.Cl. The predicted octanol–water partition coefficient (Wildman–Crippen LogP) is 3.16. The van der Waals surface area contributed by atoms with Crippen molar-refractivity contribution >= 4 is 35.8 Å². The third-order valence-corrected chi connectivity index (χ3v) is 4.06. The second kappa shape index (κ2) is 7.78. The lowest BCUT2D eigenvalue weighted by atomic mass is 9.92. The lowest BCUT2D eigenvalue weighted by molar-refractivity contribution is -0.120. The van der Waals surface area contributed by atoms with Crippen LogP contribution in [-0.2, 0) is 4.79 Å². The summed E-state index contributed by atoms with van der Waals surface area (Å²) < 4.78 is 0. The van der Waals surface area contributed by atoms with Gasteiger partial charge in [-0.3, -0.25) is 4.79 Å². The topological polar surface area (TPSA) is 41.1 Å². The number of carbonyl (C=O) groups excluding carboxylic acids is 1. The molecule has 0 bridgehead atoms. The molecule has 3 nitrogen and oxygen atoms in total. The molecule has 1 aliphatic rings. The fourth-order valence-electron chi connectivity index (χ4n) is 2.32. The van der Waals surface area contributed by atoms with Gasteiger partial charge >= 0.3 is 0 Å². The van der Waals surface area contributed by atoms with Gasteiger partial charge in [-0.25, -0.2) is 0 Å². The van der Waals surface area contributed by atoms with Crippen molar-refractivity contribution in [3.8, 4) is 0 Å². The van der Waals surface area contributed by atoms with Gasteiger partial charge in [0, 0.05) is 22.5 Å². The van der Waals surface area contributed by atoms with Gasteiger partial charge in [0.05, 0.1) is 0 Å². The Morgan fingerprint density at radius 2 is 2.26 bits per heavy atom. The van der Waals surface area contributed by atoms with Crippen molar-refractivity contribution in [2.75, 3.05) is 18.1 Å². The van der Waals surface area contributed by atoms with E-state index in [9.17, 15) is 4.79 Å². The zero-order valence-corrected chi connectivity index (χ0v) is 12.9. The van der Waals surface area contributed by atoms with Crippen molar-refractivity contribution in [3.05, 3.63) is 24.3 Å². The van der Waals surface area contributed by atoms with Gasteiger partial charge in [0.25, 0.3) is 0 Å². The summed E-state index contributed by atoms with van der Waals surface area (Å²) in [7, 11) is 0. The average Bonchev–Trinajstić information content (AvgIpc) is 2.39. The standard InChI is InChI=1S/C14H20N2OS.ClH/c1-10-8-11(6-7-15-10)14(17)16-12-4-3-5-13(9-12)18-2;/h3-5,9-11,15H,6-8H2,1-2H3,(H,16,17);1H/t10-,11-;/m0./s1. The number of benzene rings is 1. The van der Waals surface area contributed by atoms with Crippen molar-refractivity contribution in [2.24, 2.45) is 5.92 Å². The Labute approximate surface area is 125 Å². The number of piperidine rings is 1. The molecule has 0 spiro atoms. The summed E-state index contributed by atoms with van der Waals surface area (Å²) in [6.07, 6.45) is 3.89. The summed E-state index contributed by atoms with van der Waals surface area (Å²) in [4.78, 5) is 13.3. The van der Waals surface area contributed by atoms with E-state index in [1.807, 2.05) is 30.5 Å². The maximum Gasteiger partial charge on any atom is 0.227 e. The molecule has 1 amide bonds. The highest BCUT2D eigenvalue weighted by Crippen LogP contribution is 2.22. The van der Waals surface area contributed by atoms with Crippen LogP contribution in [0.4, 0.5) is 5.69 Å². The molecule has 0 saturated carbocycles. The minimum absolute atomic E-state index is 0. The Kier molecular flexibility index (Phi) is 6.69. The molecular formula is C14H21ClN2OS. The van der Waals surface area contributed by atoms with E-state index in [0.29, 0.717) is 6.04 Å². The summed E-state index contributed by atoms with van der Waals surface area (Å²) in [6.45, 7) is 3.07. The van der Waals surface area contributed by atoms with E-state index in [1.165, 1.54) is 4.90 Å². The zero-order valence-electron chi connectivity index (χ0n) is 11.3. The van der Waals surface area contributed by atoms with Gasteiger partial charge in [0.15, 0.2) is 0 Å². The first-order chi connectivity index (χ1) is 8.69. The smallest absolute Gasteiger partial charge is 0.227 e. The van der Waals surface area contributed by atoms with E-state index in [2.05, 4.69) is 17.6 Å². The zero-order chi connectivity index (χ0) is 13.0. The normalized spacial score (nSPS) is 22.4. The molecule has 1 saturated heterocycles. The number of amides is 1. The first-order valence-electron chi connectivity index (χ1n) is 6.37. The Morgan fingerprint density at radius 1 is 1.47 bits per heavy atom. The molecule has 2 atom stereocenters. The number of hydrogen-bond donors (Lipinski definition) is 2. The third-order valence-electron chi connectivity index (χ3n) is 3.33. The Morgan fingerprint density at radius 3 is 2.95 bits per heavy atom. The molecular weight excluding hydrogens is 280 g/mol. The molecule has 1 fully saturated rings. The molecule has 1 aromatic carbocycles. The van der Waals surface area contributed by atoms with Gasteiger partial charge < -0.3 is 10.6 Å². The molecule has 5 heteroatoms. The van der Waals surface area contributed by atoms with Crippen molar-refractivity contribution in [2.45, 2.75) is 30.7 Å². The first-order valence-corrected chi connectivity index (χ1v) is 7.60. The van der Waals surface area contributed by atoms with Gasteiger partial charge in [-0.05, 0) is 50.8 Å². The number of halogens is 1. The monoisotopic (exact) mass is 300 g/mol. The van der Waals surface area contributed by atoms with Crippen LogP contribution in [0.2, 0.25) is 0 Å². The van der Waals surface area contributed by atoms with Crippen LogP contribution in [0.15, 0.2) is 29.2 Å². The van der Waals surface area contributed by atoms with Crippen LogP contribution in [0.5, 0.6) is 0 Å². The van der Waals surface area contributed by atoms with Gasteiger partial charge in [0.2, 0.25) is 5.91 Å². The van der Waals surface area contributed by atoms with Gasteiger partial charge in [-0.1, -0.05) is 6.07 Å². The molecule has 0 unspecified atom stereocenters. The maximum atomic E-state index is 12.2. The molecule has 2 N–H and O–H groups in total. The minimum Gasteiger partial charge on any atom is -0.326 e. The number of hydrogen-bond acceptors (Lipinski definition) is 3. The van der Waals surface area contributed by atoms with E-state index in [4.69, 9.17) is 0 Å². The summed E-state index contributed by atoms with van der Waals surface area (Å²) >= 11 is 1.68. The highest BCUT2D eigenvalue weighted by Gasteiger charge is 2.24. The quantitative estimate of drug-likeness (QED) is 0.843. The second-order valence-electron chi connectivity index (χ2n) is 4.80. The van der Waals surface area contributed by atoms with Crippen molar-refractivity contribution in [1.82, 2.24) is 5.32 Å². The van der Waals surface area contributed by atoms with E-state index < -0.39 is 0 Å². The largest absolute Gasteiger partial charge is 0.326 e. The van der Waals surface area contributed by atoms with Crippen LogP contribution in [0.1, 0.15) is 19.8 Å². The Balaban J connectivity index is 0.00000180. The van der Waals surface area contributed by atoms with Gasteiger partial charge in [-0.2, -0.15) is 0 Å². The second-order valence-corrected chi connectivity index (χ2v) is 5.68. The molecule has 0 radical (unpaired) electrons. The molecule has 1 aliphatic heterocycles. The molecule has 106 valence electrons. The number of nitrogens with one attached hydrogen (secondary N) is 2. The van der Waals surface area contributed by atoms with Crippen LogP contribution in [0.3, 0.4) is 0 Å². The summed E-state index contributed by atoms with van der Waals surface area (Å²) in [5.74, 6) is 0.292. The maximum absolute atomic E-state index is 12.2. The lowest BCUT2D eigenvalue weighted by Gasteiger charge is -2.27. The van der Waals surface area contributed by atoms with Gasteiger partial charge in [-0.15, -0.1) is 24.2 Å². The average molecular weight is 301 g/mol. The fourth-order valence-corrected chi connectivity index (χ4v) is 2.77. The van der Waals surface area contributed by atoms with Crippen molar-refractivity contribution < 1.29 is 4.79 Å². The molecule has 0 aliphatic carbocycles. The molecule has 19 heavy (non-hydrogen) atoms. The number of carbonyl (C=O) groups is 1. The van der Waals surface area contributed by atoms with Crippen LogP contribution < -0.4 is 10.6 Å². The molecule has 1 heterocycles. The third kappa shape index (κ3) is 4.71. The summed E-state index contributed by atoms with van der Waals surface area (Å²) in [5, 5.41) is 6.39. The summed E-state index contributed by atoms with van der Waals surface area (Å²) in [6, 6.07) is 8.43. The summed E-state index contributed by atoms with van der Waals surface area (Å²) in [5.41, 5.74) is 0.901. The predicted molar refractivity (Wildman–Crippen MR) is 84.3 cm³/mol.